The standard InChI is InChI=1S/C9H7ClN2OS/c1-12(8(10)13)9-11-6-4-2-3-5-7(6)14-9/h2-5H,1H3. The van der Waals surface area contributed by atoms with Crippen LogP contribution < -0.4 is 4.90 Å². The molecular weight excluding hydrogens is 220 g/mol. The fourth-order valence-electron chi connectivity index (χ4n) is 1.08. The Morgan fingerprint density at radius 2 is 2.21 bits per heavy atom. The minimum atomic E-state index is -0.524. The van der Waals surface area contributed by atoms with Crippen LogP contribution in [0.5, 0.6) is 0 Å². The number of para-hydroxylation sites is 1. The minimum absolute atomic E-state index is 0.524. The minimum Gasteiger partial charge on any atom is -0.278 e. The number of fused-ring (bicyclic) bond motifs is 1. The Hall–Kier alpha value is -1.13. The van der Waals surface area contributed by atoms with Crippen LogP contribution in [0, 0.1) is 0 Å². The Morgan fingerprint density at radius 3 is 2.86 bits per heavy atom. The summed E-state index contributed by atoms with van der Waals surface area (Å²) in [4.78, 5) is 16.5. The molecule has 2 aromatic rings. The molecule has 0 bridgehead atoms. The highest BCUT2D eigenvalue weighted by Crippen LogP contribution is 2.28. The molecule has 0 aliphatic carbocycles. The van der Waals surface area contributed by atoms with Crippen molar-refractivity contribution in [3.8, 4) is 0 Å². The van der Waals surface area contributed by atoms with E-state index >= 15 is 0 Å². The molecule has 72 valence electrons. The summed E-state index contributed by atoms with van der Waals surface area (Å²) >= 11 is 6.79. The van der Waals surface area contributed by atoms with Gasteiger partial charge in [-0.1, -0.05) is 23.5 Å². The monoisotopic (exact) mass is 226 g/mol. The van der Waals surface area contributed by atoms with Crippen LogP contribution in [0.1, 0.15) is 0 Å². The molecule has 1 aromatic carbocycles. The lowest BCUT2D eigenvalue weighted by molar-refractivity contribution is 0.265. The van der Waals surface area contributed by atoms with Gasteiger partial charge in [0.2, 0.25) is 0 Å². The van der Waals surface area contributed by atoms with Crippen molar-refractivity contribution >= 4 is 43.7 Å². The predicted molar refractivity (Wildman–Crippen MR) is 59.3 cm³/mol. The maximum absolute atomic E-state index is 10.9. The van der Waals surface area contributed by atoms with E-state index in [0.29, 0.717) is 5.13 Å². The van der Waals surface area contributed by atoms with Crippen molar-refractivity contribution in [2.45, 2.75) is 0 Å². The first kappa shape index (κ1) is 9.43. The maximum Gasteiger partial charge on any atom is 0.322 e. The van der Waals surface area contributed by atoms with E-state index in [0.717, 1.165) is 10.2 Å². The molecule has 0 unspecified atom stereocenters. The molecule has 2 rings (SSSR count). The normalized spacial score (nSPS) is 10.4. The van der Waals surface area contributed by atoms with Gasteiger partial charge in [-0.15, -0.1) is 0 Å². The summed E-state index contributed by atoms with van der Waals surface area (Å²) in [6, 6.07) is 7.71. The van der Waals surface area contributed by atoms with Crippen molar-refractivity contribution in [2.75, 3.05) is 11.9 Å². The zero-order chi connectivity index (χ0) is 10.1. The molecule has 14 heavy (non-hydrogen) atoms. The highest BCUT2D eigenvalue weighted by Gasteiger charge is 2.12. The van der Waals surface area contributed by atoms with E-state index in [1.165, 1.54) is 16.2 Å². The second kappa shape index (κ2) is 3.55. The number of carbonyl (C=O) groups excluding carboxylic acids is 1. The number of halogens is 1. The SMILES string of the molecule is CN(C(=O)Cl)c1nc2ccccc2s1. The van der Waals surface area contributed by atoms with E-state index in [1.54, 1.807) is 7.05 Å². The van der Waals surface area contributed by atoms with Gasteiger partial charge in [0.15, 0.2) is 5.13 Å². The Morgan fingerprint density at radius 1 is 1.50 bits per heavy atom. The van der Waals surface area contributed by atoms with Crippen molar-refractivity contribution in [3.05, 3.63) is 24.3 Å². The van der Waals surface area contributed by atoms with Gasteiger partial charge in [-0.3, -0.25) is 9.69 Å². The number of rotatable bonds is 1. The molecule has 3 nitrogen and oxygen atoms in total. The highest BCUT2D eigenvalue weighted by molar-refractivity contribution is 7.22. The number of thiazole rings is 1. The van der Waals surface area contributed by atoms with Crippen LogP contribution in [0.3, 0.4) is 0 Å². The van der Waals surface area contributed by atoms with Crippen LogP contribution in [0.2, 0.25) is 0 Å². The van der Waals surface area contributed by atoms with Gasteiger partial charge in [0.25, 0.3) is 0 Å². The summed E-state index contributed by atoms with van der Waals surface area (Å²) in [5.41, 5.74) is 0.886. The molecule has 0 fully saturated rings. The summed E-state index contributed by atoms with van der Waals surface area (Å²) in [5, 5.41) is 0.0928. The molecule has 1 amide bonds. The van der Waals surface area contributed by atoms with Crippen molar-refractivity contribution in [2.24, 2.45) is 0 Å². The topological polar surface area (TPSA) is 33.2 Å². The largest absolute Gasteiger partial charge is 0.322 e. The second-order valence-corrected chi connectivity index (χ2v) is 4.11. The van der Waals surface area contributed by atoms with Crippen LogP contribution in [-0.4, -0.2) is 17.4 Å². The third-order valence-electron chi connectivity index (χ3n) is 1.83. The Kier molecular flexibility index (Phi) is 2.39. The lowest BCUT2D eigenvalue weighted by Crippen LogP contribution is -2.18. The molecule has 0 saturated heterocycles. The van der Waals surface area contributed by atoms with Crippen molar-refractivity contribution in [1.29, 1.82) is 0 Å². The molecule has 0 spiro atoms. The third kappa shape index (κ3) is 1.58. The Bertz CT molecular complexity index is 449. The molecule has 5 heteroatoms. The Labute approximate surface area is 89.9 Å². The first-order valence-electron chi connectivity index (χ1n) is 3.97. The molecule has 0 aliphatic heterocycles. The van der Waals surface area contributed by atoms with Gasteiger partial charge in [0.05, 0.1) is 10.2 Å². The van der Waals surface area contributed by atoms with E-state index < -0.39 is 5.37 Å². The summed E-state index contributed by atoms with van der Waals surface area (Å²) in [6.45, 7) is 0. The molecule has 1 aromatic heterocycles. The number of carbonyl (C=O) groups is 1. The molecule has 0 aliphatic rings. The van der Waals surface area contributed by atoms with E-state index in [-0.39, 0.29) is 0 Å². The van der Waals surface area contributed by atoms with E-state index in [9.17, 15) is 4.79 Å². The fourth-order valence-corrected chi connectivity index (χ4v) is 2.13. The lowest BCUT2D eigenvalue weighted by atomic mass is 10.3. The van der Waals surface area contributed by atoms with Crippen molar-refractivity contribution in [3.63, 3.8) is 0 Å². The summed E-state index contributed by atoms with van der Waals surface area (Å²) in [5.74, 6) is 0. The molecule has 1 heterocycles. The first-order chi connectivity index (χ1) is 6.68. The van der Waals surface area contributed by atoms with Crippen LogP contribution in [0.15, 0.2) is 24.3 Å². The quantitative estimate of drug-likeness (QED) is 0.553. The lowest BCUT2D eigenvalue weighted by Gasteiger charge is -2.06. The maximum atomic E-state index is 10.9. The van der Waals surface area contributed by atoms with Crippen LogP contribution >= 0.6 is 22.9 Å². The van der Waals surface area contributed by atoms with E-state index in [4.69, 9.17) is 11.6 Å². The van der Waals surface area contributed by atoms with Gasteiger partial charge < -0.3 is 0 Å². The summed E-state index contributed by atoms with van der Waals surface area (Å²) in [6.07, 6.45) is 0. The van der Waals surface area contributed by atoms with Gasteiger partial charge in [-0.05, 0) is 23.7 Å². The Balaban J connectivity index is 2.50. The summed E-state index contributed by atoms with van der Waals surface area (Å²) < 4.78 is 1.05. The van der Waals surface area contributed by atoms with Gasteiger partial charge >= 0.3 is 5.37 Å². The van der Waals surface area contributed by atoms with Crippen LogP contribution in [0.4, 0.5) is 9.93 Å². The number of hydrogen-bond donors (Lipinski definition) is 0. The highest BCUT2D eigenvalue weighted by atomic mass is 35.5. The smallest absolute Gasteiger partial charge is 0.278 e. The second-order valence-electron chi connectivity index (χ2n) is 2.78. The van der Waals surface area contributed by atoms with Gasteiger partial charge in [-0.25, -0.2) is 4.98 Å². The number of aromatic nitrogens is 1. The summed E-state index contributed by atoms with van der Waals surface area (Å²) in [7, 11) is 1.60. The molecule has 0 saturated carbocycles. The third-order valence-corrected chi connectivity index (χ3v) is 3.20. The number of amides is 1. The first-order valence-corrected chi connectivity index (χ1v) is 5.16. The van der Waals surface area contributed by atoms with Gasteiger partial charge in [0, 0.05) is 7.05 Å². The molecule has 0 N–H and O–H groups in total. The number of nitrogens with zero attached hydrogens (tertiary/aromatic N) is 2. The van der Waals surface area contributed by atoms with Crippen LogP contribution in [-0.2, 0) is 0 Å². The van der Waals surface area contributed by atoms with Crippen molar-refractivity contribution in [1.82, 2.24) is 4.98 Å². The van der Waals surface area contributed by atoms with Gasteiger partial charge in [0.1, 0.15) is 0 Å². The molecular formula is C9H7ClN2OS. The number of hydrogen-bond acceptors (Lipinski definition) is 3. The van der Waals surface area contributed by atoms with Crippen molar-refractivity contribution < 1.29 is 4.79 Å². The van der Waals surface area contributed by atoms with E-state index in [1.807, 2.05) is 24.3 Å². The molecule has 0 atom stereocenters. The van der Waals surface area contributed by atoms with E-state index in [2.05, 4.69) is 4.98 Å². The zero-order valence-electron chi connectivity index (χ0n) is 7.40. The predicted octanol–water partition coefficient (Wildman–Crippen LogP) is 3.09. The average Bonchev–Trinajstić information content (AvgIpc) is 2.59. The fraction of sp³-hybridized carbons (Fsp3) is 0.111. The number of anilines is 1. The number of benzene rings is 1. The zero-order valence-corrected chi connectivity index (χ0v) is 8.97. The molecule has 0 radical (unpaired) electrons. The van der Waals surface area contributed by atoms with Crippen LogP contribution in [0.25, 0.3) is 10.2 Å². The average molecular weight is 227 g/mol. The van der Waals surface area contributed by atoms with Gasteiger partial charge in [-0.2, -0.15) is 0 Å².